The number of carboxylic acid groups (broad SMARTS) is 1. The number of aliphatic carboxylic acids is 1. The third-order valence-electron chi connectivity index (χ3n) is 3.02. The van der Waals surface area contributed by atoms with Crippen molar-refractivity contribution in [2.45, 2.75) is 18.6 Å². The predicted molar refractivity (Wildman–Crippen MR) is 78.2 cm³/mol. The van der Waals surface area contributed by atoms with E-state index in [1.54, 1.807) is 17.5 Å². The van der Waals surface area contributed by atoms with Gasteiger partial charge in [0.25, 0.3) is 5.91 Å². The van der Waals surface area contributed by atoms with Gasteiger partial charge >= 0.3 is 12.1 Å². The molecule has 0 aliphatic rings. The fraction of sp³-hybridized carbons (Fsp3) is 0.200. The van der Waals surface area contributed by atoms with Crippen LogP contribution in [0.25, 0.3) is 0 Å². The summed E-state index contributed by atoms with van der Waals surface area (Å²) in [7, 11) is 0. The number of benzene rings is 1. The SMILES string of the molecule is O=C(O)CC(NC(=O)c1cccc(C(F)(F)F)c1)c1cccs1. The summed E-state index contributed by atoms with van der Waals surface area (Å²) in [6, 6.07) is 6.54. The quantitative estimate of drug-likeness (QED) is 0.870. The Labute approximate surface area is 133 Å². The Bertz CT molecular complexity index is 698. The van der Waals surface area contributed by atoms with E-state index in [0.717, 1.165) is 18.2 Å². The number of carboxylic acids is 1. The maximum Gasteiger partial charge on any atom is 0.416 e. The van der Waals surface area contributed by atoms with Gasteiger partial charge < -0.3 is 10.4 Å². The molecule has 0 aliphatic carbocycles. The van der Waals surface area contributed by atoms with Crippen LogP contribution in [0.2, 0.25) is 0 Å². The van der Waals surface area contributed by atoms with Crippen LogP contribution < -0.4 is 5.32 Å². The van der Waals surface area contributed by atoms with E-state index in [9.17, 15) is 22.8 Å². The third-order valence-corrected chi connectivity index (χ3v) is 4.01. The van der Waals surface area contributed by atoms with Gasteiger partial charge in [-0.2, -0.15) is 13.2 Å². The maximum absolute atomic E-state index is 12.7. The van der Waals surface area contributed by atoms with Crippen LogP contribution in [-0.4, -0.2) is 17.0 Å². The van der Waals surface area contributed by atoms with E-state index in [1.165, 1.54) is 17.4 Å². The van der Waals surface area contributed by atoms with E-state index in [-0.39, 0.29) is 12.0 Å². The molecule has 2 aromatic rings. The second-order valence-corrected chi connectivity index (χ2v) is 5.70. The first-order valence-corrected chi connectivity index (χ1v) is 7.38. The van der Waals surface area contributed by atoms with Crippen LogP contribution in [0.5, 0.6) is 0 Å². The standard InChI is InChI=1S/C15H12F3NO3S/c16-15(17,18)10-4-1-3-9(7-10)14(22)19-11(8-13(20)21)12-5-2-6-23-12/h1-7,11H,8H2,(H,19,22)(H,20,21). The molecule has 0 saturated carbocycles. The van der Waals surface area contributed by atoms with E-state index in [0.29, 0.717) is 4.88 Å². The lowest BCUT2D eigenvalue weighted by molar-refractivity contribution is -0.138. The van der Waals surface area contributed by atoms with E-state index in [4.69, 9.17) is 5.11 Å². The third kappa shape index (κ3) is 4.56. The minimum absolute atomic E-state index is 0.174. The molecule has 0 bridgehead atoms. The highest BCUT2D eigenvalue weighted by molar-refractivity contribution is 7.10. The molecular weight excluding hydrogens is 331 g/mol. The average molecular weight is 343 g/mol. The molecule has 23 heavy (non-hydrogen) atoms. The lowest BCUT2D eigenvalue weighted by Gasteiger charge is -2.16. The molecule has 0 radical (unpaired) electrons. The fourth-order valence-electron chi connectivity index (χ4n) is 1.97. The molecule has 0 spiro atoms. The predicted octanol–water partition coefficient (Wildman–Crippen LogP) is 3.71. The number of amides is 1. The number of rotatable bonds is 5. The summed E-state index contributed by atoms with van der Waals surface area (Å²) < 4.78 is 38.0. The van der Waals surface area contributed by atoms with Crippen LogP contribution in [-0.2, 0) is 11.0 Å². The van der Waals surface area contributed by atoms with Crippen LogP contribution in [0.1, 0.15) is 33.3 Å². The maximum atomic E-state index is 12.7. The number of carbonyl (C=O) groups is 2. The minimum atomic E-state index is -4.55. The molecule has 1 amide bonds. The first-order valence-electron chi connectivity index (χ1n) is 6.50. The largest absolute Gasteiger partial charge is 0.481 e. The lowest BCUT2D eigenvalue weighted by Crippen LogP contribution is -2.29. The Hall–Kier alpha value is -2.35. The van der Waals surface area contributed by atoms with Crippen molar-refractivity contribution in [2.75, 3.05) is 0 Å². The fourth-order valence-corrected chi connectivity index (χ4v) is 2.74. The van der Waals surface area contributed by atoms with Crippen molar-refractivity contribution in [1.29, 1.82) is 0 Å². The molecule has 1 aromatic carbocycles. The molecule has 1 aromatic heterocycles. The second kappa shape index (κ2) is 6.82. The van der Waals surface area contributed by atoms with Gasteiger partial charge in [0, 0.05) is 10.4 Å². The van der Waals surface area contributed by atoms with Gasteiger partial charge in [-0.25, -0.2) is 0 Å². The van der Waals surface area contributed by atoms with Crippen LogP contribution in [0.15, 0.2) is 41.8 Å². The minimum Gasteiger partial charge on any atom is -0.481 e. The Morgan fingerprint density at radius 2 is 1.96 bits per heavy atom. The van der Waals surface area contributed by atoms with Gasteiger partial charge in [-0.05, 0) is 29.6 Å². The molecule has 8 heteroatoms. The highest BCUT2D eigenvalue weighted by Crippen LogP contribution is 2.30. The van der Waals surface area contributed by atoms with Crippen molar-refractivity contribution in [3.05, 3.63) is 57.8 Å². The van der Waals surface area contributed by atoms with Crippen LogP contribution >= 0.6 is 11.3 Å². The summed E-state index contributed by atoms with van der Waals surface area (Å²) in [6.45, 7) is 0. The van der Waals surface area contributed by atoms with Crippen molar-refractivity contribution in [2.24, 2.45) is 0 Å². The lowest BCUT2D eigenvalue weighted by atomic mass is 10.1. The molecular formula is C15H12F3NO3S. The van der Waals surface area contributed by atoms with Gasteiger partial charge in [0.2, 0.25) is 0 Å². The van der Waals surface area contributed by atoms with Crippen LogP contribution in [0.4, 0.5) is 13.2 Å². The number of halogens is 3. The summed E-state index contributed by atoms with van der Waals surface area (Å²) >= 11 is 1.26. The summed E-state index contributed by atoms with van der Waals surface area (Å²) in [5, 5.41) is 13.1. The Kier molecular flexibility index (Phi) is 5.05. The molecule has 1 unspecified atom stereocenters. The summed E-state index contributed by atoms with van der Waals surface area (Å²) in [5.74, 6) is -1.87. The van der Waals surface area contributed by atoms with E-state index in [1.807, 2.05) is 0 Å². The summed E-state index contributed by atoms with van der Waals surface area (Å²) in [5.41, 5.74) is -1.11. The molecule has 4 nitrogen and oxygen atoms in total. The van der Waals surface area contributed by atoms with Gasteiger partial charge in [0.15, 0.2) is 0 Å². The number of carbonyl (C=O) groups excluding carboxylic acids is 1. The van der Waals surface area contributed by atoms with Gasteiger partial charge in [-0.1, -0.05) is 12.1 Å². The summed E-state index contributed by atoms with van der Waals surface area (Å²) in [6.07, 6.45) is -4.91. The van der Waals surface area contributed by atoms with Crippen LogP contribution in [0, 0.1) is 0 Å². The first-order chi connectivity index (χ1) is 10.8. The number of alkyl halides is 3. The Morgan fingerprint density at radius 1 is 1.22 bits per heavy atom. The molecule has 2 rings (SSSR count). The van der Waals surface area contributed by atoms with E-state index < -0.39 is 29.7 Å². The van der Waals surface area contributed by atoms with Crippen molar-refractivity contribution >= 4 is 23.2 Å². The molecule has 0 saturated heterocycles. The van der Waals surface area contributed by atoms with Crippen molar-refractivity contribution in [3.8, 4) is 0 Å². The average Bonchev–Trinajstić information content (AvgIpc) is 2.99. The second-order valence-electron chi connectivity index (χ2n) is 4.72. The molecule has 0 fully saturated rings. The smallest absolute Gasteiger partial charge is 0.416 e. The number of nitrogens with one attached hydrogen (secondary N) is 1. The Morgan fingerprint density at radius 3 is 2.52 bits per heavy atom. The number of thiophene rings is 1. The molecule has 122 valence electrons. The van der Waals surface area contributed by atoms with Gasteiger partial charge in [-0.15, -0.1) is 11.3 Å². The highest BCUT2D eigenvalue weighted by atomic mass is 32.1. The van der Waals surface area contributed by atoms with E-state index >= 15 is 0 Å². The highest BCUT2D eigenvalue weighted by Gasteiger charge is 2.31. The number of hydrogen-bond donors (Lipinski definition) is 2. The van der Waals surface area contributed by atoms with Crippen molar-refractivity contribution < 1.29 is 27.9 Å². The molecule has 0 aliphatic heterocycles. The van der Waals surface area contributed by atoms with Crippen LogP contribution in [0.3, 0.4) is 0 Å². The zero-order valence-electron chi connectivity index (χ0n) is 11.6. The Balaban J connectivity index is 2.20. The van der Waals surface area contributed by atoms with E-state index in [2.05, 4.69) is 5.32 Å². The van der Waals surface area contributed by atoms with Gasteiger partial charge in [-0.3, -0.25) is 9.59 Å². The zero-order valence-corrected chi connectivity index (χ0v) is 12.4. The van der Waals surface area contributed by atoms with Gasteiger partial charge in [0.1, 0.15) is 0 Å². The molecule has 2 N–H and O–H groups in total. The monoisotopic (exact) mass is 343 g/mol. The first kappa shape index (κ1) is 17.0. The van der Waals surface area contributed by atoms with Crippen molar-refractivity contribution in [1.82, 2.24) is 5.32 Å². The normalized spacial score (nSPS) is 12.7. The molecule has 1 heterocycles. The zero-order chi connectivity index (χ0) is 17.0. The van der Waals surface area contributed by atoms with Gasteiger partial charge in [0.05, 0.1) is 18.0 Å². The van der Waals surface area contributed by atoms with Crippen molar-refractivity contribution in [3.63, 3.8) is 0 Å². The molecule has 1 atom stereocenters. The topological polar surface area (TPSA) is 66.4 Å². The number of hydrogen-bond acceptors (Lipinski definition) is 3. The summed E-state index contributed by atoms with van der Waals surface area (Å²) in [4.78, 5) is 23.7.